The molecule has 3 aromatic heterocycles. The van der Waals surface area contributed by atoms with E-state index in [-0.39, 0.29) is 17.2 Å². The lowest BCUT2D eigenvalue weighted by Crippen LogP contribution is -2.20. The van der Waals surface area contributed by atoms with Crippen LogP contribution in [0.4, 0.5) is 5.13 Å². The van der Waals surface area contributed by atoms with Crippen molar-refractivity contribution in [3.63, 3.8) is 0 Å². The zero-order chi connectivity index (χ0) is 16.2. The quantitative estimate of drug-likeness (QED) is 0.771. The molecule has 3 heterocycles. The smallest absolute Gasteiger partial charge is 0.303 e. The van der Waals surface area contributed by atoms with Gasteiger partial charge in [-0.1, -0.05) is 17.4 Å². The second-order valence-corrected chi connectivity index (χ2v) is 6.52. The summed E-state index contributed by atoms with van der Waals surface area (Å²) in [4.78, 5) is 32.2. The van der Waals surface area contributed by atoms with Crippen molar-refractivity contribution in [2.75, 3.05) is 5.32 Å². The van der Waals surface area contributed by atoms with Crippen LogP contribution in [0.3, 0.4) is 0 Å². The van der Waals surface area contributed by atoms with Crippen molar-refractivity contribution >= 4 is 33.7 Å². The second kappa shape index (κ2) is 6.84. The van der Waals surface area contributed by atoms with Gasteiger partial charge in [0.25, 0.3) is 0 Å². The number of aromatic nitrogens is 3. The molecular weight excluding hydrogens is 332 g/mol. The molecule has 0 bridgehead atoms. The summed E-state index contributed by atoms with van der Waals surface area (Å²) in [5, 5.41) is 6.94. The molecule has 118 valence electrons. The zero-order valence-corrected chi connectivity index (χ0v) is 14.0. The maximum absolute atomic E-state index is 12.0. The minimum absolute atomic E-state index is 0.0398. The molecule has 6 nitrogen and oxygen atoms in total. The standard InChI is InChI=1S/C15H14N4O2S2/c1-10-8-23-15(21)19(10)7-5-13(20)18-14-17-12(9-22-14)11-4-2-3-6-16-11/h2-4,6,8-9H,5,7H2,1H3,(H,17,18,20). The fourth-order valence-corrected chi connectivity index (χ4v) is 3.51. The van der Waals surface area contributed by atoms with Gasteiger partial charge in [0.2, 0.25) is 5.91 Å². The van der Waals surface area contributed by atoms with Gasteiger partial charge in [0.15, 0.2) is 5.13 Å². The number of hydrogen-bond acceptors (Lipinski definition) is 6. The van der Waals surface area contributed by atoms with Gasteiger partial charge in [0.1, 0.15) is 5.69 Å². The number of carbonyl (C=O) groups is 1. The summed E-state index contributed by atoms with van der Waals surface area (Å²) >= 11 is 2.50. The fourth-order valence-electron chi connectivity index (χ4n) is 2.03. The van der Waals surface area contributed by atoms with Crippen molar-refractivity contribution in [3.05, 3.63) is 50.5 Å². The topological polar surface area (TPSA) is 76.9 Å². The van der Waals surface area contributed by atoms with Crippen LogP contribution in [0.1, 0.15) is 12.1 Å². The Morgan fingerprint density at radius 2 is 2.13 bits per heavy atom. The average molecular weight is 346 g/mol. The minimum Gasteiger partial charge on any atom is -0.303 e. The molecule has 1 amide bonds. The predicted molar refractivity (Wildman–Crippen MR) is 91.9 cm³/mol. The van der Waals surface area contributed by atoms with Crippen LogP contribution in [-0.2, 0) is 11.3 Å². The maximum Gasteiger partial charge on any atom is 0.307 e. The van der Waals surface area contributed by atoms with Gasteiger partial charge < -0.3 is 9.88 Å². The molecule has 0 aliphatic rings. The lowest BCUT2D eigenvalue weighted by molar-refractivity contribution is -0.116. The van der Waals surface area contributed by atoms with Gasteiger partial charge >= 0.3 is 4.87 Å². The average Bonchev–Trinajstić information content (AvgIpc) is 3.14. The molecule has 0 unspecified atom stereocenters. The molecule has 1 N–H and O–H groups in total. The molecule has 3 aromatic rings. The second-order valence-electron chi connectivity index (χ2n) is 4.85. The van der Waals surface area contributed by atoms with Crippen molar-refractivity contribution in [1.29, 1.82) is 0 Å². The molecule has 0 spiro atoms. The van der Waals surface area contributed by atoms with Crippen LogP contribution in [0.2, 0.25) is 0 Å². The highest BCUT2D eigenvalue weighted by atomic mass is 32.1. The highest BCUT2D eigenvalue weighted by Crippen LogP contribution is 2.23. The molecule has 0 atom stereocenters. The number of hydrogen-bond donors (Lipinski definition) is 1. The van der Waals surface area contributed by atoms with Crippen LogP contribution < -0.4 is 10.2 Å². The van der Waals surface area contributed by atoms with Crippen molar-refractivity contribution in [3.8, 4) is 11.4 Å². The third kappa shape index (κ3) is 3.72. The molecule has 0 aromatic carbocycles. The number of thiazole rings is 2. The van der Waals surface area contributed by atoms with Gasteiger partial charge in [-0.25, -0.2) is 4.98 Å². The van der Waals surface area contributed by atoms with E-state index in [0.717, 1.165) is 28.4 Å². The summed E-state index contributed by atoms with van der Waals surface area (Å²) in [5.41, 5.74) is 2.37. The summed E-state index contributed by atoms with van der Waals surface area (Å²) in [5.74, 6) is -0.163. The number of anilines is 1. The molecule has 0 saturated carbocycles. The highest BCUT2D eigenvalue weighted by molar-refractivity contribution is 7.14. The maximum atomic E-state index is 12.0. The summed E-state index contributed by atoms with van der Waals surface area (Å²) in [6.07, 6.45) is 1.93. The molecule has 23 heavy (non-hydrogen) atoms. The molecule has 0 fully saturated rings. The predicted octanol–water partition coefficient (Wildman–Crippen LogP) is 2.77. The van der Waals surface area contributed by atoms with Crippen molar-refractivity contribution in [2.45, 2.75) is 19.9 Å². The largest absolute Gasteiger partial charge is 0.307 e. The monoisotopic (exact) mass is 346 g/mol. The summed E-state index contributed by atoms with van der Waals surface area (Å²) in [6.45, 7) is 2.23. The third-order valence-corrected chi connectivity index (χ3v) is 4.86. The first-order valence-corrected chi connectivity index (χ1v) is 8.71. The van der Waals surface area contributed by atoms with Crippen LogP contribution >= 0.6 is 22.7 Å². The van der Waals surface area contributed by atoms with E-state index in [4.69, 9.17) is 0 Å². The SMILES string of the molecule is Cc1csc(=O)n1CCC(=O)Nc1nc(-c2ccccn2)cs1. The normalized spacial score (nSPS) is 10.7. The number of amides is 1. The number of pyridine rings is 1. The van der Waals surface area contributed by atoms with Gasteiger partial charge in [-0.2, -0.15) is 0 Å². The number of rotatable bonds is 5. The Kier molecular flexibility index (Phi) is 4.63. The van der Waals surface area contributed by atoms with E-state index < -0.39 is 0 Å². The Morgan fingerprint density at radius 1 is 1.26 bits per heavy atom. The summed E-state index contributed by atoms with van der Waals surface area (Å²) in [7, 11) is 0. The van der Waals surface area contributed by atoms with Gasteiger partial charge in [-0.15, -0.1) is 11.3 Å². The van der Waals surface area contributed by atoms with Crippen molar-refractivity contribution < 1.29 is 4.79 Å². The summed E-state index contributed by atoms with van der Waals surface area (Å²) in [6, 6.07) is 5.60. The van der Waals surface area contributed by atoms with E-state index in [0.29, 0.717) is 11.7 Å². The molecule has 8 heteroatoms. The van der Waals surface area contributed by atoms with Crippen LogP contribution in [0, 0.1) is 6.92 Å². The number of nitrogens with one attached hydrogen (secondary N) is 1. The minimum atomic E-state index is -0.163. The molecule has 0 radical (unpaired) electrons. The first-order valence-electron chi connectivity index (χ1n) is 6.95. The van der Waals surface area contributed by atoms with E-state index in [1.165, 1.54) is 11.3 Å². The van der Waals surface area contributed by atoms with Crippen LogP contribution in [0.15, 0.2) is 40.0 Å². The molecule has 0 saturated heterocycles. The Balaban J connectivity index is 1.60. The first kappa shape index (κ1) is 15.6. The Hall–Kier alpha value is -2.32. The fraction of sp³-hybridized carbons (Fsp3) is 0.200. The third-order valence-electron chi connectivity index (χ3n) is 3.22. The van der Waals surface area contributed by atoms with Crippen LogP contribution in [0.5, 0.6) is 0 Å². The molecule has 3 rings (SSSR count). The Morgan fingerprint density at radius 3 is 2.83 bits per heavy atom. The highest BCUT2D eigenvalue weighted by Gasteiger charge is 2.10. The number of nitrogens with zero attached hydrogens (tertiary/aromatic N) is 3. The number of carbonyl (C=O) groups excluding carboxylic acids is 1. The van der Waals surface area contributed by atoms with E-state index in [1.54, 1.807) is 16.1 Å². The van der Waals surface area contributed by atoms with Crippen molar-refractivity contribution in [2.24, 2.45) is 0 Å². The Bertz CT molecular complexity index is 867. The summed E-state index contributed by atoms with van der Waals surface area (Å²) < 4.78 is 1.60. The van der Waals surface area contributed by atoms with E-state index >= 15 is 0 Å². The van der Waals surface area contributed by atoms with Gasteiger partial charge in [-0.3, -0.25) is 14.6 Å². The van der Waals surface area contributed by atoms with E-state index in [1.807, 2.05) is 30.5 Å². The lowest BCUT2D eigenvalue weighted by Gasteiger charge is -2.04. The zero-order valence-electron chi connectivity index (χ0n) is 12.4. The Labute approximate surface area is 140 Å². The molecular formula is C15H14N4O2S2. The van der Waals surface area contributed by atoms with Gasteiger partial charge in [0.05, 0.1) is 5.69 Å². The van der Waals surface area contributed by atoms with E-state index in [2.05, 4.69) is 15.3 Å². The van der Waals surface area contributed by atoms with Crippen molar-refractivity contribution in [1.82, 2.24) is 14.5 Å². The first-order chi connectivity index (χ1) is 11.1. The van der Waals surface area contributed by atoms with Crippen LogP contribution in [0.25, 0.3) is 11.4 Å². The molecule has 0 aliphatic carbocycles. The van der Waals surface area contributed by atoms with Crippen LogP contribution in [-0.4, -0.2) is 20.4 Å². The lowest BCUT2D eigenvalue weighted by atomic mass is 10.3. The van der Waals surface area contributed by atoms with E-state index in [9.17, 15) is 9.59 Å². The number of aryl methyl sites for hydroxylation is 1. The molecule has 0 aliphatic heterocycles. The van der Waals surface area contributed by atoms with Gasteiger partial charge in [0, 0.05) is 35.6 Å². The van der Waals surface area contributed by atoms with Gasteiger partial charge in [-0.05, 0) is 19.1 Å².